The van der Waals surface area contributed by atoms with Crippen LogP contribution in [-0.2, 0) is 14.9 Å². The summed E-state index contributed by atoms with van der Waals surface area (Å²) < 4.78 is 31.1. The first-order valence-corrected chi connectivity index (χ1v) is 5.46. The monoisotopic (exact) mass is 208 g/mol. The quantitative estimate of drug-likeness (QED) is 0.634. The van der Waals surface area contributed by atoms with Crippen molar-refractivity contribution in [3.8, 4) is 0 Å². The Kier molecular flexibility index (Phi) is 2.68. The van der Waals surface area contributed by atoms with Crippen molar-refractivity contribution in [3.05, 3.63) is 0 Å². The molecule has 0 aromatic heterocycles. The van der Waals surface area contributed by atoms with Crippen LogP contribution in [0.4, 0.5) is 0 Å². The summed E-state index contributed by atoms with van der Waals surface area (Å²) in [5.41, 5.74) is -0.441. The Labute approximate surface area is 79.5 Å². The van der Waals surface area contributed by atoms with Gasteiger partial charge in [0.05, 0.1) is 12.1 Å². The molecule has 1 aliphatic heterocycles. The van der Waals surface area contributed by atoms with Gasteiger partial charge in [-0.2, -0.15) is 17.0 Å². The predicted molar refractivity (Wildman–Crippen MR) is 49.3 cm³/mol. The van der Waals surface area contributed by atoms with E-state index in [0.29, 0.717) is 6.61 Å². The van der Waals surface area contributed by atoms with Crippen LogP contribution in [0.3, 0.4) is 0 Å². The SMILES string of the molecule is CN(C)S(=O)(=O)N1COCC1(C)C. The Morgan fingerprint density at radius 2 is 1.92 bits per heavy atom. The van der Waals surface area contributed by atoms with E-state index in [1.165, 1.54) is 22.7 Å². The maximum Gasteiger partial charge on any atom is 0.284 e. The van der Waals surface area contributed by atoms with E-state index in [2.05, 4.69) is 0 Å². The van der Waals surface area contributed by atoms with Crippen molar-refractivity contribution in [2.75, 3.05) is 27.4 Å². The van der Waals surface area contributed by atoms with Gasteiger partial charge in [0.15, 0.2) is 0 Å². The van der Waals surface area contributed by atoms with Gasteiger partial charge in [-0.3, -0.25) is 0 Å². The molecule has 0 atom stereocenters. The van der Waals surface area contributed by atoms with Crippen LogP contribution in [-0.4, -0.2) is 50.0 Å². The molecule has 0 bridgehead atoms. The van der Waals surface area contributed by atoms with E-state index in [1.54, 1.807) is 0 Å². The van der Waals surface area contributed by atoms with E-state index in [9.17, 15) is 8.42 Å². The van der Waals surface area contributed by atoms with E-state index < -0.39 is 15.7 Å². The van der Waals surface area contributed by atoms with Gasteiger partial charge in [-0.25, -0.2) is 0 Å². The van der Waals surface area contributed by atoms with Gasteiger partial charge in [-0.05, 0) is 13.8 Å². The van der Waals surface area contributed by atoms with Gasteiger partial charge < -0.3 is 4.74 Å². The topological polar surface area (TPSA) is 49.9 Å². The molecule has 6 heteroatoms. The molecule has 13 heavy (non-hydrogen) atoms. The average Bonchev–Trinajstić information content (AvgIpc) is 2.29. The van der Waals surface area contributed by atoms with Crippen LogP contribution in [0.5, 0.6) is 0 Å². The molecule has 0 radical (unpaired) electrons. The number of rotatable bonds is 2. The molecule has 0 aliphatic carbocycles. The number of hydrogen-bond acceptors (Lipinski definition) is 3. The summed E-state index contributed by atoms with van der Waals surface area (Å²) in [6.07, 6.45) is 0. The standard InChI is InChI=1S/C7H16N2O3S/c1-7(2)5-12-6-9(7)13(10,11)8(3)4/h5-6H2,1-4H3. The second-order valence-corrected chi connectivity index (χ2v) is 6.00. The molecule has 0 N–H and O–H groups in total. The molecule has 1 heterocycles. The van der Waals surface area contributed by atoms with Gasteiger partial charge in [0.25, 0.3) is 10.2 Å². The summed E-state index contributed by atoms with van der Waals surface area (Å²) in [4.78, 5) is 0. The molecule has 1 saturated heterocycles. The van der Waals surface area contributed by atoms with Crippen LogP contribution < -0.4 is 0 Å². The zero-order valence-electron chi connectivity index (χ0n) is 8.44. The third kappa shape index (κ3) is 1.85. The lowest BCUT2D eigenvalue weighted by molar-refractivity contribution is 0.169. The number of ether oxygens (including phenoxy) is 1. The summed E-state index contributed by atoms with van der Waals surface area (Å²) in [6, 6.07) is 0. The molecule has 0 unspecified atom stereocenters. The first kappa shape index (κ1) is 10.9. The van der Waals surface area contributed by atoms with Gasteiger partial charge in [-0.15, -0.1) is 0 Å². The Morgan fingerprint density at radius 1 is 1.38 bits per heavy atom. The van der Waals surface area contributed by atoms with E-state index in [4.69, 9.17) is 4.74 Å². The Hall–Kier alpha value is -0.170. The highest BCUT2D eigenvalue weighted by Crippen LogP contribution is 2.25. The van der Waals surface area contributed by atoms with Gasteiger partial charge in [0, 0.05) is 14.1 Å². The molecule has 5 nitrogen and oxygen atoms in total. The third-order valence-electron chi connectivity index (χ3n) is 2.08. The lowest BCUT2D eigenvalue weighted by atomic mass is 10.1. The van der Waals surface area contributed by atoms with E-state index in [-0.39, 0.29) is 6.73 Å². The molecular formula is C7H16N2O3S. The molecular weight excluding hydrogens is 192 g/mol. The highest BCUT2D eigenvalue weighted by atomic mass is 32.2. The average molecular weight is 208 g/mol. The minimum absolute atomic E-state index is 0.146. The Morgan fingerprint density at radius 3 is 2.23 bits per heavy atom. The molecule has 0 aromatic rings. The van der Waals surface area contributed by atoms with Gasteiger partial charge in [0.2, 0.25) is 0 Å². The zero-order chi connectivity index (χ0) is 10.3. The fourth-order valence-electron chi connectivity index (χ4n) is 1.20. The summed E-state index contributed by atoms with van der Waals surface area (Å²) >= 11 is 0. The maximum absolute atomic E-state index is 11.7. The summed E-state index contributed by atoms with van der Waals surface area (Å²) in [6.45, 7) is 4.29. The van der Waals surface area contributed by atoms with Crippen molar-refractivity contribution >= 4 is 10.2 Å². The molecule has 0 aromatic carbocycles. The Balaban J connectivity index is 2.96. The van der Waals surface area contributed by atoms with Gasteiger partial charge >= 0.3 is 0 Å². The van der Waals surface area contributed by atoms with Crippen LogP contribution in [0.2, 0.25) is 0 Å². The molecule has 0 amide bonds. The molecule has 0 saturated carbocycles. The fraction of sp³-hybridized carbons (Fsp3) is 1.00. The number of nitrogens with zero attached hydrogens (tertiary/aromatic N) is 2. The molecule has 78 valence electrons. The van der Waals surface area contributed by atoms with Crippen molar-refractivity contribution in [2.24, 2.45) is 0 Å². The van der Waals surface area contributed by atoms with Crippen molar-refractivity contribution in [1.82, 2.24) is 8.61 Å². The minimum atomic E-state index is -3.34. The van der Waals surface area contributed by atoms with Crippen LogP contribution in [0.15, 0.2) is 0 Å². The van der Waals surface area contributed by atoms with E-state index >= 15 is 0 Å². The number of hydrogen-bond donors (Lipinski definition) is 0. The molecule has 0 spiro atoms. The summed E-state index contributed by atoms with van der Waals surface area (Å²) in [5.74, 6) is 0. The summed E-state index contributed by atoms with van der Waals surface area (Å²) in [5, 5.41) is 0. The third-order valence-corrected chi connectivity index (χ3v) is 4.16. The fourth-order valence-corrected chi connectivity index (χ4v) is 2.48. The van der Waals surface area contributed by atoms with E-state index in [1.807, 2.05) is 13.8 Å². The molecule has 1 fully saturated rings. The van der Waals surface area contributed by atoms with Crippen molar-refractivity contribution in [1.29, 1.82) is 0 Å². The highest BCUT2D eigenvalue weighted by Gasteiger charge is 2.42. The molecule has 1 aliphatic rings. The van der Waals surface area contributed by atoms with Crippen LogP contribution >= 0.6 is 0 Å². The second kappa shape index (κ2) is 3.20. The smallest absolute Gasteiger partial charge is 0.284 e. The van der Waals surface area contributed by atoms with Crippen molar-refractivity contribution in [2.45, 2.75) is 19.4 Å². The lowest BCUT2D eigenvalue weighted by Gasteiger charge is -2.30. The van der Waals surface area contributed by atoms with Crippen LogP contribution in [0.1, 0.15) is 13.8 Å². The van der Waals surface area contributed by atoms with E-state index in [0.717, 1.165) is 0 Å². The Bertz CT molecular complexity index is 284. The largest absolute Gasteiger partial charge is 0.363 e. The van der Waals surface area contributed by atoms with Crippen LogP contribution in [0.25, 0.3) is 0 Å². The van der Waals surface area contributed by atoms with Crippen molar-refractivity contribution < 1.29 is 13.2 Å². The second-order valence-electron chi connectivity index (χ2n) is 3.93. The predicted octanol–water partition coefficient (Wildman–Crippen LogP) is -0.139. The zero-order valence-corrected chi connectivity index (χ0v) is 9.26. The maximum atomic E-state index is 11.7. The van der Waals surface area contributed by atoms with Gasteiger partial charge in [0.1, 0.15) is 6.73 Å². The lowest BCUT2D eigenvalue weighted by Crippen LogP contribution is -2.48. The van der Waals surface area contributed by atoms with Crippen molar-refractivity contribution in [3.63, 3.8) is 0 Å². The highest BCUT2D eigenvalue weighted by molar-refractivity contribution is 7.86. The van der Waals surface area contributed by atoms with Crippen LogP contribution in [0, 0.1) is 0 Å². The summed E-state index contributed by atoms with van der Waals surface area (Å²) in [7, 11) is -0.307. The first-order chi connectivity index (χ1) is 5.78. The first-order valence-electron chi connectivity index (χ1n) is 4.06. The molecule has 1 rings (SSSR count). The minimum Gasteiger partial charge on any atom is -0.363 e. The normalized spacial score (nSPS) is 24.1. The van der Waals surface area contributed by atoms with Gasteiger partial charge in [-0.1, -0.05) is 0 Å².